The van der Waals surface area contributed by atoms with E-state index in [1.165, 1.54) is 0 Å². The molecule has 0 spiro atoms. The van der Waals surface area contributed by atoms with Crippen LogP contribution in [-0.2, 0) is 0 Å². The van der Waals surface area contributed by atoms with E-state index in [1.807, 2.05) is 24.0 Å². The summed E-state index contributed by atoms with van der Waals surface area (Å²) in [6.07, 6.45) is 0. The summed E-state index contributed by atoms with van der Waals surface area (Å²) in [4.78, 5) is 14.6. The zero-order valence-electron chi connectivity index (χ0n) is 13.0. The van der Waals surface area contributed by atoms with Crippen LogP contribution < -0.4 is 14.8 Å². The first-order chi connectivity index (χ1) is 10.2. The van der Waals surface area contributed by atoms with E-state index in [1.54, 1.807) is 13.2 Å². The summed E-state index contributed by atoms with van der Waals surface area (Å²) >= 11 is 0. The number of methoxy groups -OCH3 is 1. The average Bonchev–Trinajstić information content (AvgIpc) is 3.08. The molecule has 2 atom stereocenters. The van der Waals surface area contributed by atoms with Crippen LogP contribution in [0.1, 0.15) is 17.3 Å². The van der Waals surface area contributed by atoms with Crippen LogP contribution in [0.15, 0.2) is 18.2 Å². The molecule has 0 saturated carbocycles. The van der Waals surface area contributed by atoms with Crippen LogP contribution in [0.4, 0.5) is 0 Å². The quantitative estimate of drug-likeness (QED) is 0.917. The van der Waals surface area contributed by atoms with Crippen LogP contribution in [0.5, 0.6) is 11.5 Å². The number of hydrogen-bond acceptors (Lipinski definition) is 4. The largest absolute Gasteiger partial charge is 0.493 e. The molecule has 1 amide bonds. The Balaban J connectivity index is 0.00000176. The van der Waals surface area contributed by atoms with Gasteiger partial charge < -0.3 is 19.7 Å². The van der Waals surface area contributed by atoms with Gasteiger partial charge in [-0.3, -0.25) is 4.79 Å². The SMILES string of the molecule is CCOc1ccc(C(=O)N2C[C@H]3CNC[C@H]3C2)cc1OC.Cl. The third-order valence-electron chi connectivity index (χ3n) is 4.39. The maximum Gasteiger partial charge on any atom is 0.254 e. The van der Waals surface area contributed by atoms with Crippen molar-refractivity contribution in [1.29, 1.82) is 0 Å². The van der Waals surface area contributed by atoms with Gasteiger partial charge in [0.05, 0.1) is 13.7 Å². The summed E-state index contributed by atoms with van der Waals surface area (Å²) in [5.74, 6) is 2.60. The van der Waals surface area contributed by atoms with Crippen molar-refractivity contribution < 1.29 is 14.3 Å². The Morgan fingerprint density at radius 1 is 1.27 bits per heavy atom. The Kier molecular flexibility index (Phi) is 5.53. The molecule has 6 heteroatoms. The molecule has 22 heavy (non-hydrogen) atoms. The van der Waals surface area contributed by atoms with Crippen molar-refractivity contribution in [3.8, 4) is 11.5 Å². The summed E-state index contributed by atoms with van der Waals surface area (Å²) in [5, 5.41) is 3.39. The number of fused-ring (bicyclic) bond motifs is 1. The van der Waals surface area contributed by atoms with E-state index < -0.39 is 0 Å². The molecule has 1 aromatic carbocycles. The molecule has 0 aromatic heterocycles. The molecular weight excluding hydrogens is 304 g/mol. The van der Waals surface area contributed by atoms with Gasteiger partial charge in [0.15, 0.2) is 11.5 Å². The molecule has 122 valence electrons. The van der Waals surface area contributed by atoms with E-state index in [9.17, 15) is 4.79 Å². The Labute approximate surface area is 137 Å². The number of benzene rings is 1. The van der Waals surface area contributed by atoms with Gasteiger partial charge >= 0.3 is 0 Å². The molecule has 2 aliphatic heterocycles. The number of carbonyl (C=O) groups is 1. The average molecular weight is 327 g/mol. The first-order valence-electron chi connectivity index (χ1n) is 7.53. The zero-order chi connectivity index (χ0) is 14.8. The molecule has 1 N–H and O–H groups in total. The fraction of sp³-hybridized carbons (Fsp3) is 0.562. The Morgan fingerprint density at radius 2 is 1.95 bits per heavy atom. The summed E-state index contributed by atoms with van der Waals surface area (Å²) in [6, 6.07) is 5.41. The third kappa shape index (κ3) is 3.15. The van der Waals surface area contributed by atoms with E-state index in [-0.39, 0.29) is 18.3 Å². The van der Waals surface area contributed by atoms with E-state index >= 15 is 0 Å². The van der Waals surface area contributed by atoms with E-state index in [0.29, 0.717) is 35.5 Å². The molecule has 2 aliphatic rings. The number of amides is 1. The fourth-order valence-electron chi connectivity index (χ4n) is 3.28. The van der Waals surface area contributed by atoms with E-state index in [0.717, 1.165) is 26.2 Å². The highest BCUT2D eigenvalue weighted by molar-refractivity contribution is 5.95. The van der Waals surface area contributed by atoms with Crippen molar-refractivity contribution in [3.63, 3.8) is 0 Å². The first-order valence-corrected chi connectivity index (χ1v) is 7.53. The van der Waals surface area contributed by atoms with E-state index in [4.69, 9.17) is 9.47 Å². The number of ether oxygens (including phenoxy) is 2. The molecule has 2 heterocycles. The second-order valence-corrected chi connectivity index (χ2v) is 5.69. The van der Waals surface area contributed by atoms with Crippen molar-refractivity contribution in [3.05, 3.63) is 23.8 Å². The Hall–Kier alpha value is -1.46. The van der Waals surface area contributed by atoms with Gasteiger partial charge in [0.1, 0.15) is 0 Å². The van der Waals surface area contributed by atoms with Crippen LogP contribution in [0.25, 0.3) is 0 Å². The highest BCUT2D eigenvalue weighted by Gasteiger charge is 2.38. The standard InChI is InChI=1S/C16H22N2O3.ClH/c1-3-21-14-5-4-11(6-15(14)20-2)16(19)18-9-12-7-17-8-13(12)10-18;/h4-6,12-13,17H,3,7-10H2,1-2H3;1H/t12-,13+;. The van der Waals surface area contributed by atoms with E-state index in [2.05, 4.69) is 5.32 Å². The van der Waals surface area contributed by atoms with Crippen molar-refractivity contribution in [2.75, 3.05) is 39.9 Å². The van der Waals surface area contributed by atoms with Crippen LogP contribution >= 0.6 is 12.4 Å². The Bertz CT molecular complexity index is 526. The van der Waals surface area contributed by atoms with Crippen LogP contribution in [0, 0.1) is 11.8 Å². The Morgan fingerprint density at radius 3 is 2.55 bits per heavy atom. The minimum absolute atomic E-state index is 0. The lowest BCUT2D eigenvalue weighted by Crippen LogP contribution is -2.31. The molecule has 5 nitrogen and oxygen atoms in total. The number of carbonyl (C=O) groups excluding carboxylic acids is 1. The lowest BCUT2D eigenvalue weighted by Gasteiger charge is -2.18. The third-order valence-corrected chi connectivity index (χ3v) is 4.39. The van der Waals surface area contributed by atoms with Crippen molar-refractivity contribution >= 4 is 18.3 Å². The fourth-order valence-corrected chi connectivity index (χ4v) is 3.28. The number of nitrogens with zero attached hydrogens (tertiary/aromatic N) is 1. The number of hydrogen-bond donors (Lipinski definition) is 1. The highest BCUT2D eigenvalue weighted by Crippen LogP contribution is 2.31. The van der Waals surface area contributed by atoms with Crippen LogP contribution in [-0.4, -0.2) is 50.7 Å². The van der Waals surface area contributed by atoms with Gasteiger partial charge in [-0.15, -0.1) is 12.4 Å². The molecule has 3 rings (SSSR count). The zero-order valence-corrected chi connectivity index (χ0v) is 13.8. The maximum absolute atomic E-state index is 12.6. The molecule has 0 radical (unpaired) electrons. The summed E-state index contributed by atoms with van der Waals surface area (Å²) in [5.41, 5.74) is 0.670. The summed E-state index contributed by atoms with van der Waals surface area (Å²) < 4.78 is 10.8. The molecule has 1 aromatic rings. The van der Waals surface area contributed by atoms with Gasteiger partial charge in [-0.05, 0) is 37.0 Å². The van der Waals surface area contributed by atoms with Crippen LogP contribution in [0.2, 0.25) is 0 Å². The summed E-state index contributed by atoms with van der Waals surface area (Å²) in [6.45, 7) is 6.27. The van der Waals surface area contributed by atoms with Gasteiger partial charge in [0.25, 0.3) is 5.91 Å². The second-order valence-electron chi connectivity index (χ2n) is 5.69. The number of nitrogens with one attached hydrogen (secondary N) is 1. The molecule has 0 bridgehead atoms. The number of halogens is 1. The second kappa shape index (κ2) is 7.20. The normalized spacial score (nSPS) is 22.9. The lowest BCUT2D eigenvalue weighted by atomic mass is 10.0. The van der Waals surface area contributed by atoms with Crippen molar-refractivity contribution in [2.24, 2.45) is 11.8 Å². The number of rotatable bonds is 4. The van der Waals surface area contributed by atoms with Crippen molar-refractivity contribution in [2.45, 2.75) is 6.92 Å². The highest BCUT2D eigenvalue weighted by atomic mass is 35.5. The van der Waals surface area contributed by atoms with Gasteiger partial charge in [-0.25, -0.2) is 0 Å². The molecule has 2 saturated heterocycles. The minimum atomic E-state index is 0. The topological polar surface area (TPSA) is 50.8 Å². The predicted molar refractivity (Wildman–Crippen MR) is 87.2 cm³/mol. The maximum atomic E-state index is 12.6. The van der Waals surface area contributed by atoms with Crippen LogP contribution in [0.3, 0.4) is 0 Å². The number of likely N-dealkylation sites (tertiary alicyclic amines) is 1. The molecule has 2 fully saturated rings. The monoisotopic (exact) mass is 326 g/mol. The summed E-state index contributed by atoms with van der Waals surface area (Å²) in [7, 11) is 1.60. The van der Waals surface area contributed by atoms with Gasteiger partial charge in [0.2, 0.25) is 0 Å². The molecule has 0 unspecified atom stereocenters. The first kappa shape index (κ1) is 16.9. The predicted octanol–water partition coefficient (Wildman–Crippen LogP) is 1.81. The van der Waals surface area contributed by atoms with Gasteiger partial charge in [-0.1, -0.05) is 0 Å². The molecular formula is C16H23ClN2O3. The van der Waals surface area contributed by atoms with Gasteiger partial charge in [-0.2, -0.15) is 0 Å². The minimum Gasteiger partial charge on any atom is -0.493 e. The lowest BCUT2D eigenvalue weighted by molar-refractivity contribution is 0.0781. The van der Waals surface area contributed by atoms with Gasteiger partial charge in [0, 0.05) is 31.7 Å². The smallest absolute Gasteiger partial charge is 0.254 e. The molecule has 0 aliphatic carbocycles. The van der Waals surface area contributed by atoms with Crippen molar-refractivity contribution in [1.82, 2.24) is 10.2 Å².